The van der Waals surface area contributed by atoms with Gasteiger partial charge in [-0.1, -0.05) is 16.8 Å². The maximum Gasteiger partial charge on any atom is 0.223 e. The summed E-state index contributed by atoms with van der Waals surface area (Å²) >= 11 is 6.40. The number of benzene rings is 1. The van der Waals surface area contributed by atoms with Crippen LogP contribution in [-0.2, 0) is 6.54 Å². The summed E-state index contributed by atoms with van der Waals surface area (Å²) in [7, 11) is 0. The van der Waals surface area contributed by atoms with E-state index in [1.54, 1.807) is 0 Å². The van der Waals surface area contributed by atoms with E-state index in [0.717, 1.165) is 49.5 Å². The van der Waals surface area contributed by atoms with Gasteiger partial charge < -0.3 is 14.0 Å². The molecule has 2 aliphatic heterocycles. The highest BCUT2D eigenvalue weighted by Crippen LogP contribution is 2.39. The second-order valence-corrected chi connectivity index (χ2v) is 6.66. The molecule has 7 heteroatoms. The van der Waals surface area contributed by atoms with Crippen molar-refractivity contribution in [3.8, 4) is 11.5 Å². The predicted molar refractivity (Wildman–Crippen MR) is 88.5 cm³/mol. The van der Waals surface area contributed by atoms with E-state index in [1.165, 1.54) is 0 Å². The van der Waals surface area contributed by atoms with Crippen molar-refractivity contribution in [2.24, 2.45) is 0 Å². The number of ether oxygens (including phenoxy) is 2. The Labute approximate surface area is 145 Å². The molecule has 2 aliphatic rings. The zero-order valence-corrected chi connectivity index (χ0v) is 14.4. The van der Waals surface area contributed by atoms with Crippen molar-refractivity contribution in [1.29, 1.82) is 0 Å². The number of fused-ring (bicyclic) bond motifs is 1. The highest BCUT2D eigenvalue weighted by molar-refractivity contribution is 6.32. The van der Waals surface area contributed by atoms with Crippen molar-refractivity contribution in [3.05, 3.63) is 34.4 Å². The summed E-state index contributed by atoms with van der Waals surface area (Å²) in [5.74, 6) is 2.77. The molecule has 24 heavy (non-hydrogen) atoms. The van der Waals surface area contributed by atoms with Crippen LogP contribution in [0.25, 0.3) is 0 Å². The van der Waals surface area contributed by atoms with Gasteiger partial charge in [0.15, 0.2) is 17.3 Å². The number of hydrogen-bond acceptors (Lipinski definition) is 6. The molecule has 1 aromatic carbocycles. The molecule has 4 rings (SSSR count). The second kappa shape index (κ2) is 6.61. The van der Waals surface area contributed by atoms with Gasteiger partial charge in [0.25, 0.3) is 0 Å². The monoisotopic (exact) mass is 349 g/mol. The maximum absolute atomic E-state index is 6.40. The molecule has 1 atom stereocenters. The van der Waals surface area contributed by atoms with Crippen LogP contribution in [-0.4, -0.2) is 34.8 Å². The molecule has 0 N–H and O–H groups in total. The van der Waals surface area contributed by atoms with Crippen LogP contribution in [0.1, 0.15) is 42.6 Å². The molecule has 0 amide bonds. The fraction of sp³-hybridized carbons (Fsp3) is 0.529. The first-order valence-electron chi connectivity index (χ1n) is 8.33. The highest BCUT2D eigenvalue weighted by atomic mass is 35.5. The van der Waals surface area contributed by atoms with Gasteiger partial charge in [-0.15, -0.1) is 0 Å². The van der Waals surface area contributed by atoms with E-state index >= 15 is 0 Å². The molecule has 1 aromatic heterocycles. The molecule has 3 heterocycles. The van der Waals surface area contributed by atoms with Crippen LogP contribution in [0.3, 0.4) is 0 Å². The smallest absolute Gasteiger partial charge is 0.223 e. The minimum Gasteiger partial charge on any atom is -0.489 e. The summed E-state index contributed by atoms with van der Waals surface area (Å²) in [5, 5.41) is 4.70. The topological polar surface area (TPSA) is 60.6 Å². The van der Waals surface area contributed by atoms with E-state index in [-0.39, 0.29) is 6.04 Å². The van der Waals surface area contributed by atoms with E-state index in [0.29, 0.717) is 29.9 Å². The zero-order chi connectivity index (χ0) is 16.5. The summed E-state index contributed by atoms with van der Waals surface area (Å²) in [6.07, 6.45) is 3.03. The fourth-order valence-electron chi connectivity index (χ4n) is 3.37. The first-order chi connectivity index (χ1) is 11.7. The predicted octanol–water partition coefficient (Wildman–Crippen LogP) is 3.53. The van der Waals surface area contributed by atoms with Gasteiger partial charge in [-0.2, -0.15) is 4.98 Å². The van der Waals surface area contributed by atoms with Gasteiger partial charge in [0.2, 0.25) is 5.89 Å². The third-order valence-corrected chi connectivity index (χ3v) is 4.73. The summed E-state index contributed by atoms with van der Waals surface area (Å²) in [6.45, 7) is 4.89. The number of aryl methyl sites for hydroxylation is 1. The second-order valence-electron chi connectivity index (χ2n) is 6.26. The van der Waals surface area contributed by atoms with E-state index in [1.807, 2.05) is 19.1 Å². The summed E-state index contributed by atoms with van der Waals surface area (Å²) in [4.78, 5) is 6.76. The molecule has 1 fully saturated rings. The van der Waals surface area contributed by atoms with Gasteiger partial charge in [-0.3, -0.25) is 4.90 Å². The molecule has 2 aromatic rings. The van der Waals surface area contributed by atoms with E-state index in [2.05, 4.69) is 15.0 Å². The third-order valence-electron chi connectivity index (χ3n) is 4.45. The lowest BCUT2D eigenvalue weighted by Gasteiger charge is -2.22. The first-order valence-corrected chi connectivity index (χ1v) is 8.71. The Morgan fingerprint density at radius 2 is 2.12 bits per heavy atom. The lowest BCUT2D eigenvalue weighted by molar-refractivity contribution is 0.233. The fourth-order valence-corrected chi connectivity index (χ4v) is 3.66. The Balaban J connectivity index is 1.56. The molecule has 1 saturated heterocycles. The molecule has 6 nitrogen and oxygen atoms in total. The normalized spacial score (nSPS) is 21.0. The molecular weight excluding hydrogens is 330 g/mol. The zero-order valence-electron chi connectivity index (χ0n) is 13.6. The number of halogens is 1. The van der Waals surface area contributed by atoms with Gasteiger partial charge >= 0.3 is 0 Å². The third kappa shape index (κ3) is 3.08. The molecule has 1 unspecified atom stereocenters. The molecule has 0 bridgehead atoms. The Morgan fingerprint density at radius 3 is 2.96 bits per heavy atom. The Hall–Kier alpha value is -1.79. The standard InChI is InChI=1S/C17H20ClN3O3/c1-11-19-17(20-24-11)14-4-2-5-21(14)10-12-8-13(18)16-15(9-12)22-6-3-7-23-16/h8-9,14H,2-7,10H2,1H3. The first kappa shape index (κ1) is 15.7. The number of rotatable bonds is 3. The van der Waals surface area contributed by atoms with Crippen molar-refractivity contribution >= 4 is 11.6 Å². The SMILES string of the molecule is Cc1nc(C2CCCN2Cc2cc(Cl)c3c(c2)OCCCO3)no1. The van der Waals surface area contributed by atoms with Crippen LogP contribution >= 0.6 is 11.6 Å². The Bertz CT molecular complexity index is 734. The van der Waals surface area contributed by atoms with Gasteiger partial charge in [0.05, 0.1) is 24.3 Å². The minimum absolute atomic E-state index is 0.192. The summed E-state index contributed by atoms with van der Waals surface area (Å²) in [5.41, 5.74) is 1.11. The molecule has 0 radical (unpaired) electrons. The lowest BCUT2D eigenvalue weighted by Crippen LogP contribution is -2.23. The van der Waals surface area contributed by atoms with Gasteiger partial charge in [0, 0.05) is 19.9 Å². The van der Waals surface area contributed by atoms with E-state index < -0.39 is 0 Å². The van der Waals surface area contributed by atoms with Crippen molar-refractivity contribution in [3.63, 3.8) is 0 Å². The molecule has 0 aliphatic carbocycles. The minimum atomic E-state index is 0.192. The van der Waals surface area contributed by atoms with Crippen LogP contribution in [0.4, 0.5) is 0 Å². The molecular formula is C17H20ClN3O3. The Kier molecular flexibility index (Phi) is 4.33. The van der Waals surface area contributed by atoms with Gasteiger partial charge in [0.1, 0.15) is 0 Å². The van der Waals surface area contributed by atoms with Crippen LogP contribution in [0.5, 0.6) is 11.5 Å². The van der Waals surface area contributed by atoms with Crippen LogP contribution < -0.4 is 9.47 Å². The lowest BCUT2D eigenvalue weighted by atomic mass is 10.1. The molecule has 0 saturated carbocycles. The van der Waals surface area contributed by atoms with Gasteiger partial charge in [-0.05, 0) is 37.1 Å². The largest absolute Gasteiger partial charge is 0.489 e. The number of hydrogen-bond donors (Lipinski definition) is 0. The number of aromatic nitrogens is 2. The molecule has 0 spiro atoms. The highest BCUT2D eigenvalue weighted by Gasteiger charge is 2.30. The quantitative estimate of drug-likeness (QED) is 0.844. The van der Waals surface area contributed by atoms with Crippen molar-refractivity contribution < 1.29 is 14.0 Å². The number of likely N-dealkylation sites (tertiary alicyclic amines) is 1. The van der Waals surface area contributed by atoms with E-state index in [9.17, 15) is 0 Å². The summed E-state index contributed by atoms with van der Waals surface area (Å²) in [6, 6.07) is 4.19. The molecule has 128 valence electrons. The van der Waals surface area contributed by atoms with Crippen LogP contribution in [0.2, 0.25) is 5.02 Å². The Morgan fingerprint density at radius 1 is 1.25 bits per heavy atom. The van der Waals surface area contributed by atoms with E-state index in [4.69, 9.17) is 25.6 Å². The van der Waals surface area contributed by atoms with Crippen LogP contribution in [0, 0.1) is 6.92 Å². The van der Waals surface area contributed by atoms with Crippen molar-refractivity contribution in [1.82, 2.24) is 15.0 Å². The summed E-state index contributed by atoms with van der Waals surface area (Å²) < 4.78 is 16.6. The van der Waals surface area contributed by atoms with Crippen molar-refractivity contribution in [2.75, 3.05) is 19.8 Å². The average molecular weight is 350 g/mol. The number of nitrogens with zero attached hydrogens (tertiary/aromatic N) is 3. The van der Waals surface area contributed by atoms with Crippen LogP contribution in [0.15, 0.2) is 16.7 Å². The average Bonchev–Trinajstić information content (AvgIpc) is 3.10. The maximum atomic E-state index is 6.40. The van der Waals surface area contributed by atoms with Crippen molar-refractivity contribution in [2.45, 2.75) is 38.8 Å². The van der Waals surface area contributed by atoms with Gasteiger partial charge in [-0.25, -0.2) is 0 Å².